The van der Waals surface area contributed by atoms with E-state index in [2.05, 4.69) is 9.97 Å². The Morgan fingerprint density at radius 1 is 1.21 bits per heavy atom. The van der Waals surface area contributed by atoms with Gasteiger partial charge in [-0.05, 0) is 42.7 Å². The first kappa shape index (κ1) is 12.8. The molecule has 78 valence electrons. The average molecular weight is 363 g/mol. The molecule has 0 atom stereocenters. The van der Waals surface area contributed by atoms with Crippen molar-refractivity contribution in [3.8, 4) is 0 Å². The van der Waals surface area contributed by atoms with E-state index in [1.807, 2.05) is 42.7 Å². The third-order valence-electron chi connectivity index (χ3n) is 1.82. The Bertz CT molecular complexity index is 334. The number of nitrogens with zero attached hydrogens (tertiary/aromatic N) is 2. The van der Waals surface area contributed by atoms with Crippen LogP contribution in [0.3, 0.4) is 0 Å². The van der Waals surface area contributed by atoms with Crippen molar-refractivity contribution in [2.24, 2.45) is 0 Å². The average Bonchev–Trinajstić information content (AvgIpc) is 2.13. The van der Waals surface area contributed by atoms with E-state index in [4.69, 9.17) is 23.2 Å². The molecule has 0 fully saturated rings. The van der Waals surface area contributed by atoms with Crippen molar-refractivity contribution in [2.75, 3.05) is 6.26 Å². The second-order valence-corrected chi connectivity index (χ2v) is 6.38. The van der Waals surface area contributed by atoms with E-state index in [0.29, 0.717) is 19.7 Å². The van der Waals surface area contributed by atoms with Gasteiger partial charge in [-0.3, -0.25) is 0 Å². The molecule has 2 nitrogen and oxygen atoms in total. The molecule has 0 aliphatic rings. The van der Waals surface area contributed by atoms with Gasteiger partial charge >= 0.3 is 0 Å². The number of hydrogen-bond donors (Lipinski definition) is 0. The van der Waals surface area contributed by atoms with Crippen molar-refractivity contribution in [1.82, 2.24) is 9.97 Å². The van der Waals surface area contributed by atoms with Crippen molar-refractivity contribution >= 4 is 57.6 Å². The van der Waals surface area contributed by atoms with Gasteiger partial charge in [-0.1, -0.05) is 23.2 Å². The molecule has 0 saturated heterocycles. The minimum atomic E-state index is -0.169. The standard InChI is InChI=1S/C8H9Cl2IN2S/c1-8(2,14-3)7-12-5(9)4(11)6(10)13-7/h1-3H3. The summed E-state index contributed by atoms with van der Waals surface area (Å²) < 4.78 is 0.532. The Labute approximate surface area is 111 Å². The molecule has 1 heterocycles. The number of hydrogen-bond acceptors (Lipinski definition) is 3. The van der Waals surface area contributed by atoms with Crippen LogP contribution in [0.5, 0.6) is 0 Å². The molecule has 0 aliphatic carbocycles. The van der Waals surface area contributed by atoms with E-state index in [-0.39, 0.29) is 4.75 Å². The third kappa shape index (κ3) is 2.65. The summed E-state index contributed by atoms with van der Waals surface area (Å²) in [5.74, 6) is 0.667. The Morgan fingerprint density at radius 2 is 1.64 bits per heavy atom. The van der Waals surface area contributed by atoms with Crippen molar-refractivity contribution in [3.05, 3.63) is 19.7 Å². The number of thioether (sulfide) groups is 1. The third-order valence-corrected chi connectivity index (χ3v) is 5.23. The molecular formula is C8H9Cl2IN2S. The van der Waals surface area contributed by atoms with Gasteiger partial charge < -0.3 is 0 Å². The maximum Gasteiger partial charge on any atom is 0.147 e. The summed E-state index contributed by atoms with van der Waals surface area (Å²) in [6, 6.07) is 0. The first-order chi connectivity index (χ1) is 6.38. The molecule has 1 aromatic rings. The lowest BCUT2D eigenvalue weighted by atomic mass is 10.2. The lowest BCUT2D eigenvalue weighted by molar-refractivity contribution is 0.708. The van der Waals surface area contributed by atoms with Crippen LogP contribution in [-0.2, 0) is 4.75 Å². The smallest absolute Gasteiger partial charge is 0.147 e. The first-order valence-corrected chi connectivity index (χ1v) is 6.88. The molecule has 1 aromatic heterocycles. The summed E-state index contributed by atoms with van der Waals surface area (Å²) in [6.45, 7) is 4.07. The maximum absolute atomic E-state index is 5.93. The van der Waals surface area contributed by atoms with Crippen LogP contribution in [0.15, 0.2) is 0 Å². The highest BCUT2D eigenvalue weighted by molar-refractivity contribution is 14.1. The van der Waals surface area contributed by atoms with Crippen molar-refractivity contribution in [2.45, 2.75) is 18.6 Å². The summed E-state index contributed by atoms with van der Waals surface area (Å²) in [5.41, 5.74) is 0. The number of halogens is 3. The Balaban J connectivity index is 3.26. The van der Waals surface area contributed by atoms with Crippen LogP contribution in [0.1, 0.15) is 19.7 Å². The normalized spacial score (nSPS) is 11.9. The summed E-state index contributed by atoms with van der Waals surface area (Å²) in [6.07, 6.45) is 2.00. The quantitative estimate of drug-likeness (QED) is 0.587. The van der Waals surface area contributed by atoms with Gasteiger partial charge in [0.05, 0.1) is 8.32 Å². The van der Waals surface area contributed by atoms with Gasteiger partial charge in [0.2, 0.25) is 0 Å². The molecule has 1 rings (SSSR count). The van der Waals surface area contributed by atoms with Crippen molar-refractivity contribution < 1.29 is 0 Å². The van der Waals surface area contributed by atoms with E-state index in [0.717, 1.165) is 0 Å². The zero-order valence-electron chi connectivity index (χ0n) is 7.94. The van der Waals surface area contributed by atoms with Gasteiger partial charge in [0, 0.05) is 0 Å². The van der Waals surface area contributed by atoms with Crippen LogP contribution in [-0.4, -0.2) is 16.2 Å². The van der Waals surface area contributed by atoms with Gasteiger partial charge in [0.25, 0.3) is 0 Å². The zero-order chi connectivity index (χ0) is 10.9. The maximum atomic E-state index is 5.93. The molecule has 0 radical (unpaired) electrons. The van der Waals surface area contributed by atoms with Gasteiger partial charge in [-0.25, -0.2) is 9.97 Å². The predicted octanol–water partition coefficient (Wildman–Crippen LogP) is 3.99. The summed E-state index contributed by atoms with van der Waals surface area (Å²) in [5, 5.41) is 0.838. The summed E-state index contributed by atoms with van der Waals surface area (Å²) in [7, 11) is 0. The fourth-order valence-electron chi connectivity index (χ4n) is 0.755. The Morgan fingerprint density at radius 3 is 2.00 bits per heavy atom. The van der Waals surface area contributed by atoms with E-state index in [9.17, 15) is 0 Å². The second kappa shape index (κ2) is 4.72. The topological polar surface area (TPSA) is 25.8 Å². The minimum absolute atomic E-state index is 0.169. The Hall–Kier alpha value is 0.740. The SMILES string of the molecule is CSC(C)(C)c1nc(Cl)c(I)c(Cl)n1. The number of rotatable bonds is 2. The van der Waals surface area contributed by atoms with E-state index >= 15 is 0 Å². The van der Waals surface area contributed by atoms with Crippen molar-refractivity contribution in [3.63, 3.8) is 0 Å². The molecule has 0 unspecified atom stereocenters. The van der Waals surface area contributed by atoms with Gasteiger partial charge in [0.1, 0.15) is 16.1 Å². The van der Waals surface area contributed by atoms with Crippen LogP contribution < -0.4 is 0 Å². The van der Waals surface area contributed by atoms with Gasteiger partial charge in [-0.2, -0.15) is 11.8 Å². The van der Waals surface area contributed by atoms with Crippen molar-refractivity contribution in [1.29, 1.82) is 0 Å². The van der Waals surface area contributed by atoms with E-state index < -0.39 is 0 Å². The monoisotopic (exact) mass is 362 g/mol. The molecule has 0 spiro atoms. The molecular weight excluding hydrogens is 354 g/mol. The first-order valence-electron chi connectivity index (χ1n) is 3.82. The molecule has 14 heavy (non-hydrogen) atoms. The second-order valence-electron chi connectivity index (χ2n) is 3.16. The largest absolute Gasteiger partial charge is 0.218 e. The molecule has 0 aliphatic heterocycles. The van der Waals surface area contributed by atoms with Crippen LogP contribution in [0, 0.1) is 3.57 Å². The lowest BCUT2D eigenvalue weighted by Gasteiger charge is -2.20. The fourth-order valence-corrected chi connectivity index (χ4v) is 1.66. The highest BCUT2D eigenvalue weighted by Gasteiger charge is 2.24. The molecule has 0 saturated carbocycles. The van der Waals surface area contributed by atoms with Crippen LogP contribution in [0.4, 0.5) is 0 Å². The lowest BCUT2D eigenvalue weighted by Crippen LogP contribution is -2.16. The Kier molecular flexibility index (Phi) is 4.32. The molecule has 0 aromatic carbocycles. The minimum Gasteiger partial charge on any atom is -0.218 e. The number of aromatic nitrogens is 2. The van der Waals surface area contributed by atoms with E-state index in [1.165, 1.54) is 0 Å². The van der Waals surface area contributed by atoms with Gasteiger partial charge in [0.15, 0.2) is 0 Å². The van der Waals surface area contributed by atoms with Gasteiger partial charge in [-0.15, -0.1) is 0 Å². The van der Waals surface area contributed by atoms with Crippen LogP contribution in [0.25, 0.3) is 0 Å². The summed E-state index contributed by atoms with van der Waals surface area (Å²) >= 11 is 15.5. The predicted molar refractivity (Wildman–Crippen MR) is 71.3 cm³/mol. The molecule has 0 amide bonds. The van der Waals surface area contributed by atoms with Crippen LogP contribution >= 0.6 is 57.6 Å². The highest BCUT2D eigenvalue weighted by Crippen LogP contribution is 2.34. The molecule has 0 bridgehead atoms. The zero-order valence-corrected chi connectivity index (χ0v) is 12.4. The fraction of sp³-hybridized carbons (Fsp3) is 0.500. The van der Waals surface area contributed by atoms with E-state index in [1.54, 1.807) is 11.8 Å². The highest BCUT2D eigenvalue weighted by atomic mass is 127. The molecule has 6 heteroatoms. The van der Waals surface area contributed by atoms with Crippen LogP contribution in [0.2, 0.25) is 10.3 Å². The summed E-state index contributed by atoms with van der Waals surface area (Å²) in [4.78, 5) is 8.44. The molecule has 0 N–H and O–H groups in total.